The second-order valence-corrected chi connectivity index (χ2v) is 5.81. The molecule has 0 radical (unpaired) electrons. The van der Waals surface area contributed by atoms with Crippen molar-refractivity contribution in [2.75, 3.05) is 10.6 Å². The Morgan fingerprint density at radius 1 is 0.840 bits per heavy atom. The molecular weight excluding hydrogens is 310 g/mol. The molecule has 2 N–H and O–H groups in total. The van der Waals surface area contributed by atoms with Crippen molar-refractivity contribution in [3.8, 4) is 0 Å². The van der Waals surface area contributed by atoms with Crippen molar-refractivity contribution in [2.45, 2.75) is 19.4 Å². The van der Waals surface area contributed by atoms with Crippen LogP contribution in [0.1, 0.15) is 17.5 Å². The van der Waals surface area contributed by atoms with Gasteiger partial charge in [-0.25, -0.2) is 4.98 Å². The van der Waals surface area contributed by atoms with E-state index in [9.17, 15) is 4.79 Å². The van der Waals surface area contributed by atoms with E-state index in [1.54, 1.807) is 6.20 Å². The number of benzene rings is 2. The van der Waals surface area contributed by atoms with Crippen molar-refractivity contribution < 1.29 is 4.79 Å². The number of carbonyl (C=O) groups is 1. The zero-order valence-electron chi connectivity index (χ0n) is 14.0. The Hall–Kier alpha value is -3.14. The lowest BCUT2D eigenvalue weighted by atomic mass is 10.1. The lowest BCUT2D eigenvalue weighted by Gasteiger charge is -2.08. The fourth-order valence-electron chi connectivity index (χ4n) is 2.48. The molecule has 0 unspecified atom stereocenters. The number of carbonyl (C=O) groups excluding carboxylic acids is 1. The number of anilines is 2. The number of amides is 1. The number of hydrogen-bond donors (Lipinski definition) is 2. The predicted octanol–water partition coefficient (Wildman–Crippen LogP) is 4.27. The molecule has 0 aliphatic rings. The van der Waals surface area contributed by atoms with Gasteiger partial charge in [0.15, 0.2) is 0 Å². The molecule has 1 amide bonds. The van der Waals surface area contributed by atoms with Crippen LogP contribution in [0.2, 0.25) is 0 Å². The van der Waals surface area contributed by atoms with Gasteiger partial charge in [0, 0.05) is 13.0 Å². The maximum atomic E-state index is 12.0. The van der Waals surface area contributed by atoms with Crippen LogP contribution in [0.15, 0.2) is 79.0 Å². The Morgan fingerprint density at radius 2 is 1.52 bits per heavy atom. The molecule has 0 fully saturated rings. The van der Waals surface area contributed by atoms with Gasteiger partial charge < -0.3 is 10.6 Å². The summed E-state index contributed by atoms with van der Waals surface area (Å²) >= 11 is 0. The molecule has 25 heavy (non-hydrogen) atoms. The van der Waals surface area contributed by atoms with Crippen LogP contribution in [0, 0.1) is 0 Å². The van der Waals surface area contributed by atoms with Gasteiger partial charge in [-0.1, -0.05) is 60.7 Å². The summed E-state index contributed by atoms with van der Waals surface area (Å²) in [5, 5.41) is 6.15. The summed E-state index contributed by atoms with van der Waals surface area (Å²) in [4.78, 5) is 16.3. The highest BCUT2D eigenvalue weighted by atomic mass is 16.1. The molecule has 0 bridgehead atoms. The smallest absolute Gasteiger partial charge is 0.225 e. The van der Waals surface area contributed by atoms with Crippen LogP contribution in [0.4, 0.5) is 11.5 Å². The highest BCUT2D eigenvalue weighted by Crippen LogP contribution is 2.12. The minimum absolute atomic E-state index is 0.0265. The summed E-state index contributed by atoms with van der Waals surface area (Å²) in [5.74, 6) is 0.546. The van der Waals surface area contributed by atoms with Crippen molar-refractivity contribution in [2.24, 2.45) is 0 Å². The van der Waals surface area contributed by atoms with Crippen LogP contribution < -0.4 is 10.6 Å². The molecule has 0 saturated carbocycles. The second-order valence-electron chi connectivity index (χ2n) is 5.81. The number of hydrogen-bond acceptors (Lipinski definition) is 3. The molecule has 0 aliphatic carbocycles. The first kappa shape index (κ1) is 16.7. The van der Waals surface area contributed by atoms with Crippen molar-refractivity contribution in [3.63, 3.8) is 0 Å². The number of nitrogens with one attached hydrogen (secondary N) is 2. The predicted molar refractivity (Wildman–Crippen MR) is 101 cm³/mol. The molecular formula is C21H21N3O. The highest BCUT2D eigenvalue weighted by Gasteiger charge is 2.04. The Kier molecular flexibility index (Phi) is 5.77. The molecule has 0 aliphatic heterocycles. The van der Waals surface area contributed by atoms with Crippen molar-refractivity contribution >= 4 is 17.4 Å². The van der Waals surface area contributed by atoms with Gasteiger partial charge in [0.1, 0.15) is 5.82 Å². The monoisotopic (exact) mass is 331 g/mol. The van der Waals surface area contributed by atoms with Gasteiger partial charge in [-0.3, -0.25) is 4.79 Å². The summed E-state index contributed by atoms with van der Waals surface area (Å²) < 4.78 is 0. The normalized spacial score (nSPS) is 10.2. The Morgan fingerprint density at radius 3 is 2.16 bits per heavy atom. The third kappa shape index (κ3) is 5.46. The first-order valence-electron chi connectivity index (χ1n) is 8.37. The summed E-state index contributed by atoms with van der Waals surface area (Å²) in [7, 11) is 0. The third-order valence-electron chi connectivity index (χ3n) is 3.85. The molecule has 2 aromatic carbocycles. The quantitative estimate of drug-likeness (QED) is 0.680. The van der Waals surface area contributed by atoms with E-state index in [2.05, 4.69) is 27.8 Å². The molecule has 1 aromatic heterocycles. The zero-order valence-corrected chi connectivity index (χ0v) is 14.0. The molecule has 1 heterocycles. The number of aryl methyl sites for hydroxylation is 1. The Bertz CT molecular complexity index is 786. The lowest BCUT2D eigenvalue weighted by Crippen LogP contribution is -2.13. The number of pyridine rings is 1. The second kappa shape index (κ2) is 8.64. The van der Waals surface area contributed by atoms with Crippen LogP contribution in [0.25, 0.3) is 0 Å². The van der Waals surface area contributed by atoms with Crippen molar-refractivity contribution in [3.05, 3.63) is 90.1 Å². The summed E-state index contributed by atoms with van der Waals surface area (Å²) in [6, 6.07) is 23.9. The van der Waals surface area contributed by atoms with E-state index in [4.69, 9.17) is 0 Å². The molecule has 0 spiro atoms. The molecule has 0 saturated heterocycles. The average Bonchev–Trinajstić information content (AvgIpc) is 2.67. The van der Waals surface area contributed by atoms with Gasteiger partial charge in [-0.15, -0.1) is 0 Å². The Balaban J connectivity index is 1.46. The maximum absolute atomic E-state index is 12.0. The minimum Gasteiger partial charge on any atom is -0.380 e. The van der Waals surface area contributed by atoms with Gasteiger partial charge in [-0.2, -0.15) is 0 Å². The summed E-state index contributed by atoms with van der Waals surface area (Å²) in [5.41, 5.74) is 3.29. The number of rotatable bonds is 7. The molecule has 4 nitrogen and oxygen atoms in total. The van der Waals surface area contributed by atoms with Gasteiger partial charge in [0.2, 0.25) is 5.91 Å². The average molecular weight is 331 g/mol. The number of aromatic nitrogens is 1. The molecule has 126 valence electrons. The standard InChI is InChI=1S/C21H21N3O/c25-21(14-11-17-7-3-1-4-8-17)24-20-13-12-19(16-23-20)22-15-18-9-5-2-6-10-18/h1-10,12-13,16,22H,11,14-15H2,(H,23,24,25). The topological polar surface area (TPSA) is 54.0 Å². The van der Waals surface area contributed by atoms with E-state index in [-0.39, 0.29) is 5.91 Å². The van der Waals surface area contributed by atoms with Crippen LogP contribution in [0.5, 0.6) is 0 Å². The molecule has 0 atom stereocenters. The van der Waals surface area contributed by atoms with Crippen molar-refractivity contribution in [1.82, 2.24) is 4.98 Å². The molecule has 3 rings (SSSR count). The summed E-state index contributed by atoms with van der Waals surface area (Å²) in [6.45, 7) is 0.741. The van der Waals surface area contributed by atoms with E-state index < -0.39 is 0 Å². The van der Waals surface area contributed by atoms with Gasteiger partial charge >= 0.3 is 0 Å². The largest absolute Gasteiger partial charge is 0.380 e. The SMILES string of the molecule is O=C(CCc1ccccc1)Nc1ccc(NCc2ccccc2)cn1. The summed E-state index contributed by atoms with van der Waals surface area (Å²) in [6.07, 6.45) is 2.90. The van der Waals surface area contributed by atoms with Crippen molar-refractivity contribution in [1.29, 1.82) is 0 Å². The lowest BCUT2D eigenvalue weighted by molar-refractivity contribution is -0.116. The van der Waals surface area contributed by atoms with E-state index in [1.807, 2.05) is 60.7 Å². The fourth-order valence-corrected chi connectivity index (χ4v) is 2.48. The molecule has 4 heteroatoms. The van der Waals surface area contributed by atoms with Gasteiger partial charge in [0.05, 0.1) is 11.9 Å². The van der Waals surface area contributed by atoms with E-state index in [0.717, 1.165) is 24.2 Å². The van der Waals surface area contributed by atoms with E-state index >= 15 is 0 Å². The maximum Gasteiger partial charge on any atom is 0.225 e. The Labute approximate surface area is 147 Å². The molecule has 3 aromatic rings. The first-order valence-corrected chi connectivity index (χ1v) is 8.37. The highest BCUT2D eigenvalue weighted by molar-refractivity contribution is 5.89. The minimum atomic E-state index is -0.0265. The number of nitrogens with zero attached hydrogens (tertiary/aromatic N) is 1. The van der Waals surface area contributed by atoms with Crippen LogP contribution >= 0.6 is 0 Å². The van der Waals surface area contributed by atoms with Crippen LogP contribution in [-0.4, -0.2) is 10.9 Å². The van der Waals surface area contributed by atoms with Crippen LogP contribution in [-0.2, 0) is 17.8 Å². The first-order chi connectivity index (χ1) is 12.3. The van der Waals surface area contributed by atoms with Crippen LogP contribution in [0.3, 0.4) is 0 Å². The third-order valence-corrected chi connectivity index (χ3v) is 3.85. The van der Waals surface area contributed by atoms with Gasteiger partial charge in [0.25, 0.3) is 0 Å². The van der Waals surface area contributed by atoms with E-state index in [1.165, 1.54) is 5.56 Å². The fraction of sp³-hybridized carbons (Fsp3) is 0.143. The zero-order chi connectivity index (χ0) is 17.3. The van der Waals surface area contributed by atoms with E-state index in [0.29, 0.717) is 12.2 Å². The van der Waals surface area contributed by atoms with Gasteiger partial charge in [-0.05, 0) is 29.7 Å².